The summed E-state index contributed by atoms with van der Waals surface area (Å²) in [5.41, 5.74) is 0.789. The summed E-state index contributed by atoms with van der Waals surface area (Å²) < 4.78 is 23.6. The van der Waals surface area contributed by atoms with Gasteiger partial charge in [0.25, 0.3) is 0 Å². The second kappa shape index (κ2) is 11.0. The highest BCUT2D eigenvalue weighted by Crippen LogP contribution is 2.11. The van der Waals surface area contributed by atoms with Crippen LogP contribution in [0.4, 0.5) is 4.39 Å². The number of benzene rings is 2. The molecule has 2 aromatic rings. The van der Waals surface area contributed by atoms with E-state index >= 15 is 0 Å². The molecule has 1 amide bonds. The van der Waals surface area contributed by atoms with Crippen LogP contribution in [0.1, 0.15) is 25.3 Å². The van der Waals surface area contributed by atoms with E-state index in [9.17, 15) is 14.0 Å². The highest BCUT2D eigenvalue weighted by atomic mass is 19.1. The van der Waals surface area contributed by atoms with Gasteiger partial charge in [0, 0.05) is 13.1 Å². The monoisotopic (exact) mass is 373 g/mol. The lowest BCUT2D eigenvalue weighted by Crippen LogP contribution is -2.33. The van der Waals surface area contributed by atoms with Gasteiger partial charge in [0.2, 0.25) is 5.91 Å². The van der Waals surface area contributed by atoms with Gasteiger partial charge in [-0.05, 0) is 36.8 Å². The molecule has 0 unspecified atom stereocenters. The van der Waals surface area contributed by atoms with Gasteiger partial charge in [-0.3, -0.25) is 9.59 Å². The van der Waals surface area contributed by atoms with Crippen molar-refractivity contribution in [1.29, 1.82) is 0 Å². The van der Waals surface area contributed by atoms with E-state index in [2.05, 4.69) is 0 Å². The van der Waals surface area contributed by atoms with Crippen LogP contribution in [-0.4, -0.2) is 36.5 Å². The topological polar surface area (TPSA) is 55.8 Å². The maximum absolute atomic E-state index is 13.1. The largest absolute Gasteiger partial charge is 0.493 e. The Bertz CT molecular complexity index is 719. The minimum absolute atomic E-state index is 0.111. The number of para-hydroxylation sites is 1. The molecular weight excluding hydrogens is 349 g/mol. The zero-order valence-corrected chi connectivity index (χ0v) is 15.4. The summed E-state index contributed by atoms with van der Waals surface area (Å²) >= 11 is 0. The molecule has 0 aliphatic heterocycles. The molecule has 0 heterocycles. The van der Waals surface area contributed by atoms with E-state index < -0.39 is 0 Å². The van der Waals surface area contributed by atoms with Crippen molar-refractivity contribution in [3.63, 3.8) is 0 Å². The van der Waals surface area contributed by atoms with Crippen LogP contribution in [0.3, 0.4) is 0 Å². The molecule has 0 bridgehead atoms. The van der Waals surface area contributed by atoms with Gasteiger partial charge in [0.15, 0.2) is 0 Å². The third-order valence-electron chi connectivity index (χ3n) is 3.86. The van der Waals surface area contributed by atoms with Gasteiger partial charge in [0.05, 0.1) is 26.1 Å². The standard InChI is InChI=1S/C21H24FNO4/c1-2-26-21(25)12-14-23(16-17-8-10-18(22)11-9-17)20(24)13-15-27-19-6-4-3-5-7-19/h3-11H,2,12-16H2,1H3. The van der Waals surface area contributed by atoms with Crippen LogP contribution in [0.15, 0.2) is 54.6 Å². The fourth-order valence-electron chi connectivity index (χ4n) is 2.49. The van der Waals surface area contributed by atoms with Gasteiger partial charge in [-0.25, -0.2) is 4.39 Å². The molecule has 5 nitrogen and oxygen atoms in total. The van der Waals surface area contributed by atoms with Crippen LogP contribution in [0, 0.1) is 5.82 Å². The molecule has 6 heteroatoms. The average Bonchev–Trinajstić information content (AvgIpc) is 2.67. The van der Waals surface area contributed by atoms with Crippen molar-refractivity contribution in [2.24, 2.45) is 0 Å². The van der Waals surface area contributed by atoms with Crippen LogP contribution < -0.4 is 4.74 Å². The van der Waals surface area contributed by atoms with Crippen LogP contribution >= 0.6 is 0 Å². The first-order chi connectivity index (χ1) is 13.1. The second-order valence-electron chi connectivity index (χ2n) is 5.91. The Balaban J connectivity index is 1.93. The quantitative estimate of drug-likeness (QED) is 0.598. The van der Waals surface area contributed by atoms with E-state index in [1.807, 2.05) is 30.3 Å². The lowest BCUT2D eigenvalue weighted by Gasteiger charge is -2.22. The van der Waals surface area contributed by atoms with Crippen molar-refractivity contribution in [3.05, 3.63) is 66.0 Å². The Morgan fingerprint density at radius 3 is 2.37 bits per heavy atom. The van der Waals surface area contributed by atoms with E-state index in [0.29, 0.717) is 18.9 Å². The van der Waals surface area contributed by atoms with Crippen LogP contribution in [0.2, 0.25) is 0 Å². The summed E-state index contributed by atoms with van der Waals surface area (Å²) in [6.07, 6.45) is 0.291. The van der Waals surface area contributed by atoms with Gasteiger partial charge >= 0.3 is 5.97 Å². The van der Waals surface area contributed by atoms with E-state index in [4.69, 9.17) is 9.47 Å². The Hall–Kier alpha value is -2.89. The summed E-state index contributed by atoms with van der Waals surface area (Å²) in [6, 6.07) is 15.2. The average molecular weight is 373 g/mol. The number of halogens is 1. The molecule has 144 valence electrons. The van der Waals surface area contributed by atoms with Gasteiger partial charge in [-0.1, -0.05) is 30.3 Å². The Labute approximate surface area is 158 Å². The van der Waals surface area contributed by atoms with Crippen molar-refractivity contribution in [2.45, 2.75) is 26.3 Å². The molecule has 0 atom stereocenters. The molecule has 2 rings (SSSR count). The first-order valence-electron chi connectivity index (χ1n) is 8.94. The molecule has 0 aliphatic carbocycles. The third-order valence-corrected chi connectivity index (χ3v) is 3.86. The molecule has 0 aliphatic rings. The van der Waals surface area contributed by atoms with E-state index in [-0.39, 0.29) is 43.7 Å². The summed E-state index contributed by atoms with van der Waals surface area (Å²) in [5.74, 6) is -0.129. The van der Waals surface area contributed by atoms with E-state index in [1.165, 1.54) is 12.1 Å². The second-order valence-corrected chi connectivity index (χ2v) is 5.91. The molecular formula is C21H24FNO4. The van der Waals surface area contributed by atoms with Crippen molar-refractivity contribution in [3.8, 4) is 5.75 Å². The van der Waals surface area contributed by atoms with Gasteiger partial charge < -0.3 is 14.4 Å². The van der Waals surface area contributed by atoms with Crippen LogP contribution in [0.25, 0.3) is 0 Å². The van der Waals surface area contributed by atoms with E-state index in [1.54, 1.807) is 24.0 Å². The zero-order chi connectivity index (χ0) is 19.5. The lowest BCUT2D eigenvalue weighted by atomic mass is 10.2. The van der Waals surface area contributed by atoms with Gasteiger partial charge in [-0.2, -0.15) is 0 Å². The van der Waals surface area contributed by atoms with Crippen molar-refractivity contribution in [1.82, 2.24) is 4.90 Å². The predicted molar refractivity (Wildman–Crippen MR) is 99.6 cm³/mol. The fourth-order valence-corrected chi connectivity index (χ4v) is 2.49. The van der Waals surface area contributed by atoms with Gasteiger partial charge in [0.1, 0.15) is 11.6 Å². The number of rotatable bonds is 10. The Kier molecular flexibility index (Phi) is 8.29. The molecule has 0 aromatic heterocycles. The van der Waals surface area contributed by atoms with Gasteiger partial charge in [-0.15, -0.1) is 0 Å². The number of amides is 1. The molecule has 0 spiro atoms. The van der Waals surface area contributed by atoms with Crippen molar-refractivity contribution >= 4 is 11.9 Å². The molecule has 0 saturated heterocycles. The highest BCUT2D eigenvalue weighted by molar-refractivity contribution is 5.77. The van der Waals surface area contributed by atoms with Crippen LogP contribution in [0.5, 0.6) is 5.75 Å². The molecule has 0 saturated carbocycles. The number of nitrogens with zero attached hydrogens (tertiary/aromatic N) is 1. The summed E-state index contributed by atoms with van der Waals surface area (Å²) in [7, 11) is 0. The molecule has 27 heavy (non-hydrogen) atoms. The maximum atomic E-state index is 13.1. The maximum Gasteiger partial charge on any atom is 0.307 e. The fraction of sp³-hybridized carbons (Fsp3) is 0.333. The van der Waals surface area contributed by atoms with E-state index in [0.717, 1.165) is 5.56 Å². The number of carbonyl (C=O) groups excluding carboxylic acids is 2. The molecule has 0 fully saturated rings. The molecule has 0 radical (unpaired) electrons. The lowest BCUT2D eigenvalue weighted by molar-refractivity contribution is -0.144. The third kappa shape index (κ3) is 7.48. The number of hydrogen-bond donors (Lipinski definition) is 0. The summed E-state index contributed by atoms with van der Waals surface area (Å²) in [5, 5.41) is 0. The Morgan fingerprint density at radius 2 is 1.70 bits per heavy atom. The SMILES string of the molecule is CCOC(=O)CCN(Cc1ccc(F)cc1)C(=O)CCOc1ccccc1. The van der Waals surface area contributed by atoms with Crippen LogP contribution in [-0.2, 0) is 20.9 Å². The van der Waals surface area contributed by atoms with Crippen molar-refractivity contribution < 1.29 is 23.5 Å². The molecule has 2 aromatic carbocycles. The first kappa shape index (κ1) is 20.4. The number of ether oxygens (including phenoxy) is 2. The number of carbonyl (C=O) groups is 2. The molecule has 0 N–H and O–H groups in total. The minimum Gasteiger partial charge on any atom is -0.493 e. The summed E-state index contributed by atoms with van der Waals surface area (Å²) in [4.78, 5) is 25.8. The van der Waals surface area contributed by atoms with Crippen molar-refractivity contribution in [2.75, 3.05) is 19.8 Å². The zero-order valence-electron chi connectivity index (χ0n) is 15.4. The first-order valence-corrected chi connectivity index (χ1v) is 8.94. The minimum atomic E-state index is -0.352. The highest BCUT2D eigenvalue weighted by Gasteiger charge is 2.16. The smallest absolute Gasteiger partial charge is 0.307 e. The number of esters is 1. The summed E-state index contributed by atoms with van der Waals surface area (Å²) in [6.45, 7) is 2.81. The number of hydrogen-bond acceptors (Lipinski definition) is 4. The normalized spacial score (nSPS) is 10.3. The Morgan fingerprint density at radius 1 is 1.00 bits per heavy atom. The predicted octanol–water partition coefficient (Wildman–Crippen LogP) is 3.58.